The van der Waals surface area contributed by atoms with E-state index in [4.69, 9.17) is 4.74 Å². The SMILES string of the molecule is CC(=O)c1ccc(OCCCC(=O)N2CCCN(C(=O)c3cccc(C)c3)CC2)cc1. The zero-order chi connectivity index (χ0) is 22.2. The standard InChI is InChI=1S/C25H30N2O4/c1-19-6-3-7-22(18-19)25(30)27-14-5-13-26(15-16-27)24(29)8-4-17-31-23-11-9-21(10-12-23)20(2)28/h3,6-7,9-12,18H,4-5,8,13-17H2,1-2H3. The lowest BCUT2D eigenvalue weighted by atomic mass is 10.1. The van der Waals surface area contributed by atoms with Gasteiger partial charge in [0.05, 0.1) is 6.61 Å². The second-order valence-electron chi connectivity index (χ2n) is 7.93. The number of rotatable bonds is 7. The van der Waals surface area contributed by atoms with E-state index in [0.29, 0.717) is 62.5 Å². The van der Waals surface area contributed by atoms with Crippen molar-refractivity contribution in [2.24, 2.45) is 0 Å². The van der Waals surface area contributed by atoms with Crippen LogP contribution in [-0.2, 0) is 4.79 Å². The van der Waals surface area contributed by atoms with Crippen molar-refractivity contribution in [2.45, 2.75) is 33.1 Å². The number of ketones is 1. The number of benzene rings is 2. The van der Waals surface area contributed by atoms with Crippen LogP contribution in [0.15, 0.2) is 48.5 Å². The lowest BCUT2D eigenvalue weighted by Gasteiger charge is -2.22. The molecule has 0 radical (unpaired) electrons. The number of amides is 2. The van der Waals surface area contributed by atoms with Crippen LogP contribution < -0.4 is 4.74 Å². The number of hydrogen-bond donors (Lipinski definition) is 0. The van der Waals surface area contributed by atoms with E-state index in [0.717, 1.165) is 12.0 Å². The van der Waals surface area contributed by atoms with E-state index in [2.05, 4.69) is 0 Å². The Hall–Kier alpha value is -3.15. The van der Waals surface area contributed by atoms with Gasteiger partial charge in [0.1, 0.15) is 5.75 Å². The third-order valence-corrected chi connectivity index (χ3v) is 5.47. The van der Waals surface area contributed by atoms with Gasteiger partial charge in [0.25, 0.3) is 5.91 Å². The van der Waals surface area contributed by atoms with Gasteiger partial charge in [-0.2, -0.15) is 0 Å². The van der Waals surface area contributed by atoms with Crippen molar-refractivity contribution in [1.29, 1.82) is 0 Å². The number of Topliss-reactive ketones (excluding diaryl/α,β-unsaturated/α-hetero) is 1. The number of hydrogen-bond acceptors (Lipinski definition) is 4. The molecule has 0 aliphatic carbocycles. The Morgan fingerprint density at radius 1 is 0.903 bits per heavy atom. The fourth-order valence-corrected chi connectivity index (χ4v) is 3.69. The molecule has 1 saturated heterocycles. The van der Waals surface area contributed by atoms with Gasteiger partial charge in [0.15, 0.2) is 5.78 Å². The molecule has 31 heavy (non-hydrogen) atoms. The van der Waals surface area contributed by atoms with Crippen LogP contribution in [0.3, 0.4) is 0 Å². The third kappa shape index (κ3) is 6.41. The van der Waals surface area contributed by atoms with Crippen LogP contribution in [0.4, 0.5) is 0 Å². The van der Waals surface area contributed by atoms with Gasteiger partial charge in [-0.05, 0) is 63.1 Å². The Kier molecular flexibility index (Phi) is 7.82. The second-order valence-corrected chi connectivity index (χ2v) is 7.93. The summed E-state index contributed by atoms with van der Waals surface area (Å²) in [7, 11) is 0. The highest BCUT2D eigenvalue weighted by molar-refractivity contribution is 5.94. The van der Waals surface area contributed by atoms with Crippen molar-refractivity contribution in [1.82, 2.24) is 9.80 Å². The van der Waals surface area contributed by atoms with Gasteiger partial charge in [-0.3, -0.25) is 14.4 Å². The van der Waals surface area contributed by atoms with Crippen molar-refractivity contribution in [3.63, 3.8) is 0 Å². The molecule has 1 aliphatic heterocycles. The molecule has 1 fully saturated rings. The maximum atomic E-state index is 12.8. The van der Waals surface area contributed by atoms with Gasteiger partial charge in [0, 0.05) is 43.7 Å². The molecular weight excluding hydrogens is 392 g/mol. The van der Waals surface area contributed by atoms with E-state index in [9.17, 15) is 14.4 Å². The van der Waals surface area contributed by atoms with Crippen LogP contribution in [-0.4, -0.2) is 60.2 Å². The average Bonchev–Trinajstić information content (AvgIpc) is 3.03. The van der Waals surface area contributed by atoms with E-state index in [-0.39, 0.29) is 17.6 Å². The van der Waals surface area contributed by atoms with Crippen molar-refractivity contribution in [2.75, 3.05) is 32.8 Å². The van der Waals surface area contributed by atoms with Gasteiger partial charge in [-0.15, -0.1) is 0 Å². The maximum absolute atomic E-state index is 12.8. The lowest BCUT2D eigenvalue weighted by molar-refractivity contribution is -0.131. The molecule has 0 saturated carbocycles. The fraction of sp³-hybridized carbons (Fsp3) is 0.400. The van der Waals surface area contributed by atoms with Gasteiger partial charge in [0.2, 0.25) is 5.91 Å². The summed E-state index contributed by atoms with van der Waals surface area (Å²) >= 11 is 0. The Labute approximate surface area is 183 Å². The summed E-state index contributed by atoms with van der Waals surface area (Å²) in [6.45, 7) is 6.39. The first-order valence-electron chi connectivity index (χ1n) is 10.8. The van der Waals surface area contributed by atoms with Crippen LogP contribution in [0.5, 0.6) is 5.75 Å². The molecule has 1 heterocycles. The highest BCUT2D eigenvalue weighted by Crippen LogP contribution is 2.14. The quantitative estimate of drug-likeness (QED) is 0.504. The Bertz CT molecular complexity index is 923. The van der Waals surface area contributed by atoms with Crippen molar-refractivity contribution in [3.05, 3.63) is 65.2 Å². The summed E-state index contributed by atoms with van der Waals surface area (Å²) in [5, 5.41) is 0. The molecule has 2 aromatic carbocycles. The highest BCUT2D eigenvalue weighted by Gasteiger charge is 2.22. The average molecular weight is 423 g/mol. The van der Waals surface area contributed by atoms with Crippen molar-refractivity contribution in [3.8, 4) is 5.75 Å². The first kappa shape index (κ1) is 22.5. The van der Waals surface area contributed by atoms with Gasteiger partial charge in [-0.1, -0.05) is 17.7 Å². The predicted octanol–water partition coefficient (Wildman–Crippen LogP) is 3.73. The molecule has 0 unspecified atom stereocenters. The van der Waals surface area contributed by atoms with Crippen LogP contribution >= 0.6 is 0 Å². The Morgan fingerprint density at radius 2 is 1.61 bits per heavy atom. The summed E-state index contributed by atoms with van der Waals surface area (Å²) < 4.78 is 5.68. The normalized spacial score (nSPS) is 14.1. The molecule has 0 aromatic heterocycles. The number of nitrogens with zero attached hydrogens (tertiary/aromatic N) is 2. The molecule has 0 atom stereocenters. The summed E-state index contributed by atoms with van der Waals surface area (Å²) in [6.07, 6.45) is 1.81. The summed E-state index contributed by atoms with van der Waals surface area (Å²) in [5.74, 6) is 0.842. The molecule has 6 nitrogen and oxygen atoms in total. The minimum atomic E-state index is 0.0220. The topological polar surface area (TPSA) is 66.9 Å². The first-order valence-corrected chi connectivity index (χ1v) is 10.8. The second kappa shape index (κ2) is 10.8. The van der Waals surface area contributed by atoms with E-state index >= 15 is 0 Å². The van der Waals surface area contributed by atoms with E-state index in [1.165, 1.54) is 6.92 Å². The number of ether oxygens (including phenoxy) is 1. The largest absolute Gasteiger partial charge is 0.494 e. The Morgan fingerprint density at radius 3 is 2.32 bits per heavy atom. The molecule has 164 valence electrons. The van der Waals surface area contributed by atoms with Crippen LogP contribution in [0, 0.1) is 6.92 Å². The molecule has 0 bridgehead atoms. The molecule has 6 heteroatoms. The van der Waals surface area contributed by atoms with Gasteiger partial charge in [-0.25, -0.2) is 0 Å². The summed E-state index contributed by atoms with van der Waals surface area (Å²) in [5.41, 5.74) is 2.42. The van der Waals surface area contributed by atoms with Gasteiger partial charge >= 0.3 is 0 Å². The molecule has 1 aliphatic rings. The van der Waals surface area contributed by atoms with Crippen molar-refractivity contribution < 1.29 is 19.1 Å². The lowest BCUT2D eigenvalue weighted by Crippen LogP contribution is -2.37. The zero-order valence-corrected chi connectivity index (χ0v) is 18.3. The molecule has 3 rings (SSSR count). The molecule has 0 spiro atoms. The van der Waals surface area contributed by atoms with Crippen LogP contribution in [0.2, 0.25) is 0 Å². The summed E-state index contributed by atoms with van der Waals surface area (Å²) in [4.78, 5) is 40.4. The molecule has 2 aromatic rings. The smallest absolute Gasteiger partial charge is 0.253 e. The molecule has 0 N–H and O–H groups in total. The maximum Gasteiger partial charge on any atom is 0.253 e. The zero-order valence-electron chi connectivity index (χ0n) is 18.3. The highest BCUT2D eigenvalue weighted by atomic mass is 16.5. The minimum Gasteiger partial charge on any atom is -0.494 e. The number of carbonyl (C=O) groups is 3. The summed E-state index contributed by atoms with van der Waals surface area (Å²) in [6, 6.07) is 14.6. The predicted molar refractivity (Wildman–Crippen MR) is 119 cm³/mol. The fourth-order valence-electron chi connectivity index (χ4n) is 3.69. The van der Waals surface area contributed by atoms with Crippen LogP contribution in [0.25, 0.3) is 0 Å². The molecule has 2 amide bonds. The Balaban J connectivity index is 1.42. The van der Waals surface area contributed by atoms with Gasteiger partial charge < -0.3 is 14.5 Å². The van der Waals surface area contributed by atoms with E-state index < -0.39 is 0 Å². The van der Waals surface area contributed by atoms with Crippen molar-refractivity contribution >= 4 is 17.6 Å². The third-order valence-electron chi connectivity index (χ3n) is 5.47. The first-order chi connectivity index (χ1) is 14.9. The monoisotopic (exact) mass is 422 g/mol. The van der Waals surface area contributed by atoms with E-state index in [1.807, 2.05) is 41.0 Å². The van der Waals surface area contributed by atoms with Crippen LogP contribution in [0.1, 0.15) is 52.5 Å². The van der Waals surface area contributed by atoms with E-state index in [1.54, 1.807) is 24.3 Å². The minimum absolute atomic E-state index is 0.0220. The number of aryl methyl sites for hydroxylation is 1. The number of carbonyl (C=O) groups excluding carboxylic acids is 3. The molecular formula is C25H30N2O4.